The standard InChI is InChI=1S/C29H27NO5/c1-34-28(33)20-19-27(32)30-25(17-18-26(30)31)21-35-29(22-11-5-2-6-12-22,23-13-7-3-8-14-23)24-15-9-4-10-16-24/h2-16,19-20,25H,17-18,21H2,1H3/b20-19+/t25-/m0/s1. The van der Waals surface area contributed by atoms with Gasteiger partial charge in [0.15, 0.2) is 0 Å². The Kier molecular flexibility index (Phi) is 7.53. The number of imide groups is 1. The summed E-state index contributed by atoms with van der Waals surface area (Å²) in [5.74, 6) is -1.51. The van der Waals surface area contributed by atoms with E-state index in [0.717, 1.165) is 28.8 Å². The van der Waals surface area contributed by atoms with Crippen molar-refractivity contribution in [2.24, 2.45) is 0 Å². The van der Waals surface area contributed by atoms with Crippen molar-refractivity contribution in [3.05, 3.63) is 120 Å². The summed E-state index contributed by atoms with van der Waals surface area (Å²) in [5, 5.41) is 0. The zero-order valence-electron chi connectivity index (χ0n) is 19.5. The van der Waals surface area contributed by atoms with Gasteiger partial charge < -0.3 is 9.47 Å². The molecule has 0 bridgehead atoms. The van der Waals surface area contributed by atoms with Crippen LogP contribution in [0.2, 0.25) is 0 Å². The molecule has 1 heterocycles. The van der Waals surface area contributed by atoms with Crippen molar-refractivity contribution in [3.63, 3.8) is 0 Å². The smallest absolute Gasteiger partial charge is 0.330 e. The van der Waals surface area contributed by atoms with Gasteiger partial charge in [-0.3, -0.25) is 14.5 Å². The van der Waals surface area contributed by atoms with Crippen LogP contribution < -0.4 is 0 Å². The van der Waals surface area contributed by atoms with Crippen LogP contribution in [0.15, 0.2) is 103 Å². The van der Waals surface area contributed by atoms with Gasteiger partial charge in [0.25, 0.3) is 5.91 Å². The van der Waals surface area contributed by atoms with Gasteiger partial charge in [0.2, 0.25) is 5.91 Å². The molecule has 6 nitrogen and oxygen atoms in total. The van der Waals surface area contributed by atoms with Gasteiger partial charge in [0.1, 0.15) is 5.60 Å². The summed E-state index contributed by atoms with van der Waals surface area (Å²) in [6, 6.07) is 29.3. The third-order valence-corrected chi connectivity index (χ3v) is 6.16. The predicted octanol–water partition coefficient (Wildman–Crippen LogP) is 4.24. The van der Waals surface area contributed by atoms with E-state index in [2.05, 4.69) is 4.74 Å². The van der Waals surface area contributed by atoms with Crippen LogP contribution in [0.3, 0.4) is 0 Å². The summed E-state index contributed by atoms with van der Waals surface area (Å²) in [4.78, 5) is 38.0. The van der Waals surface area contributed by atoms with Crippen molar-refractivity contribution in [1.82, 2.24) is 4.90 Å². The van der Waals surface area contributed by atoms with Crippen molar-refractivity contribution >= 4 is 17.8 Å². The molecule has 3 aromatic carbocycles. The molecule has 1 aliphatic rings. The first kappa shape index (κ1) is 24.1. The minimum Gasteiger partial charge on any atom is -0.466 e. The fraction of sp³-hybridized carbons (Fsp3) is 0.207. The molecule has 1 atom stereocenters. The van der Waals surface area contributed by atoms with Crippen molar-refractivity contribution in [1.29, 1.82) is 0 Å². The number of nitrogens with zero attached hydrogens (tertiary/aromatic N) is 1. The number of carbonyl (C=O) groups is 3. The molecule has 0 aromatic heterocycles. The largest absolute Gasteiger partial charge is 0.466 e. The average molecular weight is 470 g/mol. The molecule has 0 radical (unpaired) electrons. The van der Waals surface area contributed by atoms with Gasteiger partial charge in [0, 0.05) is 18.6 Å². The van der Waals surface area contributed by atoms with E-state index in [4.69, 9.17) is 4.74 Å². The Morgan fingerprint density at radius 1 is 0.857 bits per heavy atom. The molecule has 2 amide bonds. The molecule has 1 saturated heterocycles. The van der Waals surface area contributed by atoms with E-state index < -0.39 is 23.5 Å². The van der Waals surface area contributed by atoms with Crippen LogP contribution in [0.1, 0.15) is 29.5 Å². The minimum atomic E-state index is -0.952. The van der Waals surface area contributed by atoms with E-state index in [1.54, 1.807) is 0 Å². The highest BCUT2D eigenvalue weighted by atomic mass is 16.5. The Morgan fingerprint density at radius 2 is 1.34 bits per heavy atom. The van der Waals surface area contributed by atoms with Crippen molar-refractivity contribution in [2.45, 2.75) is 24.5 Å². The molecule has 6 heteroatoms. The lowest BCUT2D eigenvalue weighted by molar-refractivity contribution is -0.143. The third-order valence-electron chi connectivity index (χ3n) is 6.16. The number of hydrogen-bond donors (Lipinski definition) is 0. The summed E-state index contributed by atoms with van der Waals surface area (Å²) >= 11 is 0. The topological polar surface area (TPSA) is 72.9 Å². The number of carbonyl (C=O) groups excluding carboxylic acids is 3. The maximum atomic E-state index is 12.8. The highest BCUT2D eigenvalue weighted by Crippen LogP contribution is 2.41. The van der Waals surface area contributed by atoms with E-state index in [-0.39, 0.29) is 18.9 Å². The first-order chi connectivity index (χ1) is 17.1. The summed E-state index contributed by atoms with van der Waals surface area (Å²) in [7, 11) is 1.23. The maximum Gasteiger partial charge on any atom is 0.330 e. The molecular weight excluding hydrogens is 442 g/mol. The molecule has 3 aromatic rings. The summed E-state index contributed by atoms with van der Waals surface area (Å²) in [6.45, 7) is 0.127. The minimum absolute atomic E-state index is 0.127. The SMILES string of the molecule is COC(=O)/C=C/C(=O)N1C(=O)CC[C@H]1COC(c1ccccc1)(c1ccccc1)c1ccccc1. The van der Waals surface area contributed by atoms with E-state index in [0.29, 0.717) is 6.42 Å². The molecule has 0 spiro atoms. The molecule has 0 N–H and O–H groups in total. The van der Waals surface area contributed by atoms with Gasteiger partial charge in [-0.05, 0) is 23.1 Å². The van der Waals surface area contributed by atoms with Crippen LogP contribution in [0.5, 0.6) is 0 Å². The van der Waals surface area contributed by atoms with Crippen LogP contribution in [0.4, 0.5) is 0 Å². The Hall–Kier alpha value is -4.03. The lowest BCUT2D eigenvalue weighted by Crippen LogP contribution is -2.43. The van der Waals surface area contributed by atoms with Gasteiger partial charge in [-0.1, -0.05) is 91.0 Å². The zero-order chi connectivity index (χ0) is 24.7. The second-order valence-electron chi connectivity index (χ2n) is 8.24. The number of methoxy groups -OCH3 is 1. The number of rotatable bonds is 8. The van der Waals surface area contributed by atoms with Gasteiger partial charge in [-0.15, -0.1) is 0 Å². The summed E-state index contributed by atoms with van der Waals surface area (Å²) in [5.41, 5.74) is 1.85. The number of esters is 1. The highest BCUT2D eigenvalue weighted by molar-refractivity contribution is 6.04. The van der Waals surface area contributed by atoms with Crippen LogP contribution in [0, 0.1) is 0 Å². The van der Waals surface area contributed by atoms with Gasteiger partial charge in [0.05, 0.1) is 19.8 Å². The van der Waals surface area contributed by atoms with Crippen molar-refractivity contribution in [3.8, 4) is 0 Å². The molecule has 0 unspecified atom stereocenters. The Morgan fingerprint density at radius 3 is 1.80 bits per heavy atom. The fourth-order valence-corrected chi connectivity index (χ4v) is 4.48. The molecule has 1 aliphatic heterocycles. The first-order valence-electron chi connectivity index (χ1n) is 11.5. The quantitative estimate of drug-likeness (QED) is 0.280. The molecule has 0 saturated carbocycles. The number of amides is 2. The summed E-state index contributed by atoms with van der Waals surface area (Å²) < 4.78 is 11.3. The molecule has 4 rings (SSSR count). The van der Waals surface area contributed by atoms with Gasteiger partial charge >= 0.3 is 5.97 Å². The van der Waals surface area contributed by atoms with Gasteiger partial charge in [-0.2, -0.15) is 0 Å². The van der Waals surface area contributed by atoms with E-state index in [1.807, 2.05) is 91.0 Å². The summed E-state index contributed by atoms with van der Waals surface area (Å²) in [6.07, 6.45) is 2.81. The molecule has 1 fully saturated rings. The molecule has 0 aliphatic carbocycles. The Balaban J connectivity index is 1.72. The number of hydrogen-bond acceptors (Lipinski definition) is 5. The van der Waals surface area contributed by atoms with Gasteiger partial charge in [-0.25, -0.2) is 4.79 Å². The fourth-order valence-electron chi connectivity index (χ4n) is 4.48. The second-order valence-corrected chi connectivity index (χ2v) is 8.24. The molecule has 178 valence electrons. The zero-order valence-corrected chi connectivity index (χ0v) is 19.5. The maximum absolute atomic E-state index is 12.8. The predicted molar refractivity (Wildman–Crippen MR) is 131 cm³/mol. The number of likely N-dealkylation sites (tertiary alicyclic amines) is 1. The van der Waals surface area contributed by atoms with E-state index >= 15 is 0 Å². The van der Waals surface area contributed by atoms with Crippen LogP contribution in [0.25, 0.3) is 0 Å². The Bertz CT molecular complexity index is 1090. The molecular formula is C29H27NO5. The lowest BCUT2D eigenvalue weighted by atomic mass is 9.80. The highest BCUT2D eigenvalue weighted by Gasteiger charge is 2.41. The van der Waals surface area contributed by atoms with Crippen LogP contribution in [-0.2, 0) is 29.5 Å². The van der Waals surface area contributed by atoms with Crippen LogP contribution >= 0.6 is 0 Å². The monoisotopic (exact) mass is 469 g/mol. The second kappa shape index (κ2) is 10.9. The van der Waals surface area contributed by atoms with Crippen LogP contribution in [-0.4, -0.2) is 42.4 Å². The Labute approximate surface area is 204 Å². The molecule has 35 heavy (non-hydrogen) atoms. The third kappa shape index (κ3) is 5.08. The number of benzene rings is 3. The van der Waals surface area contributed by atoms with Crippen molar-refractivity contribution < 1.29 is 23.9 Å². The van der Waals surface area contributed by atoms with Crippen molar-refractivity contribution in [2.75, 3.05) is 13.7 Å². The first-order valence-corrected chi connectivity index (χ1v) is 11.5. The normalized spacial score (nSPS) is 16.0. The lowest BCUT2D eigenvalue weighted by Gasteiger charge is -2.37. The van der Waals surface area contributed by atoms with E-state index in [1.165, 1.54) is 12.0 Å². The van der Waals surface area contributed by atoms with E-state index in [9.17, 15) is 14.4 Å². The number of ether oxygens (including phenoxy) is 2. The average Bonchev–Trinajstić information content (AvgIpc) is 3.29.